The van der Waals surface area contributed by atoms with Crippen LogP contribution in [0.5, 0.6) is 0 Å². The van der Waals surface area contributed by atoms with Crippen LogP contribution in [0.15, 0.2) is 62.3 Å². The summed E-state index contributed by atoms with van der Waals surface area (Å²) in [5.41, 5.74) is 1.99. The van der Waals surface area contributed by atoms with Crippen LogP contribution in [0.25, 0.3) is 11.1 Å². The number of halogens is 1. The molecular weight excluding hydrogens is 384 g/mol. The summed E-state index contributed by atoms with van der Waals surface area (Å²) in [6.45, 7) is 0.207. The highest BCUT2D eigenvalue weighted by atomic mass is 35.5. The molecule has 0 saturated carbocycles. The van der Waals surface area contributed by atoms with Crippen molar-refractivity contribution >= 4 is 28.6 Å². The van der Waals surface area contributed by atoms with Crippen molar-refractivity contribution < 1.29 is 13.7 Å². The summed E-state index contributed by atoms with van der Waals surface area (Å²) in [4.78, 5) is 28.2. The number of hydrogen-bond donors (Lipinski definition) is 1. The third-order valence-corrected chi connectivity index (χ3v) is 4.35. The minimum atomic E-state index is -0.496. The van der Waals surface area contributed by atoms with Gasteiger partial charge in [-0.3, -0.25) is 9.36 Å². The van der Waals surface area contributed by atoms with E-state index in [2.05, 4.69) is 15.5 Å². The van der Waals surface area contributed by atoms with Gasteiger partial charge in [0.2, 0.25) is 11.8 Å². The largest absolute Gasteiger partial charge is 0.420 e. The van der Waals surface area contributed by atoms with Gasteiger partial charge in [-0.25, -0.2) is 4.79 Å². The quantitative estimate of drug-likeness (QED) is 0.535. The molecule has 28 heavy (non-hydrogen) atoms. The van der Waals surface area contributed by atoms with Gasteiger partial charge in [-0.05, 0) is 29.8 Å². The van der Waals surface area contributed by atoms with Crippen LogP contribution in [0.3, 0.4) is 0 Å². The third-order valence-electron chi connectivity index (χ3n) is 4.10. The summed E-state index contributed by atoms with van der Waals surface area (Å²) in [6, 6.07) is 14.1. The summed E-state index contributed by atoms with van der Waals surface area (Å²) in [7, 11) is 0. The van der Waals surface area contributed by atoms with Gasteiger partial charge in [0, 0.05) is 5.02 Å². The molecule has 2 aromatic heterocycles. The van der Waals surface area contributed by atoms with E-state index in [1.807, 2.05) is 6.07 Å². The molecule has 0 aliphatic heterocycles. The Bertz CT molecular complexity index is 1180. The number of benzene rings is 2. The van der Waals surface area contributed by atoms with Crippen molar-refractivity contribution in [1.29, 1.82) is 0 Å². The lowest BCUT2D eigenvalue weighted by Crippen LogP contribution is -2.24. The number of hydrogen-bond acceptors (Lipinski definition) is 6. The summed E-state index contributed by atoms with van der Waals surface area (Å²) in [6.07, 6.45) is 0.217. The normalized spacial score (nSPS) is 11.0. The number of nitrogens with one attached hydrogen (secondary N) is 1. The van der Waals surface area contributed by atoms with Crippen molar-refractivity contribution in [2.75, 3.05) is 0 Å². The second-order valence-electron chi connectivity index (χ2n) is 6.11. The number of amides is 1. The highest BCUT2D eigenvalue weighted by molar-refractivity contribution is 6.30. The van der Waals surface area contributed by atoms with Crippen molar-refractivity contribution in [3.05, 3.63) is 81.4 Å². The fourth-order valence-corrected chi connectivity index (χ4v) is 2.88. The number of fused-ring (bicyclic) bond motifs is 1. The number of aromatic nitrogens is 3. The van der Waals surface area contributed by atoms with Gasteiger partial charge in [-0.2, -0.15) is 4.98 Å². The summed E-state index contributed by atoms with van der Waals surface area (Å²) < 4.78 is 11.7. The molecule has 2 aromatic carbocycles. The maximum atomic E-state index is 12.0. The molecule has 0 unspecified atom stereocenters. The second kappa shape index (κ2) is 7.69. The molecule has 142 valence electrons. The first-order valence-corrected chi connectivity index (χ1v) is 8.87. The Labute approximate surface area is 163 Å². The van der Waals surface area contributed by atoms with E-state index in [9.17, 15) is 9.59 Å². The van der Waals surface area contributed by atoms with Gasteiger partial charge in [0.25, 0.3) is 0 Å². The average Bonchev–Trinajstić information content (AvgIpc) is 3.27. The van der Waals surface area contributed by atoms with Crippen LogP contribution < -0.4 is 11.1 Å². The maximum Gasteiger partial charge on any atom is 0.420 e. The predicted octanol–water partition coefficient (Wildman–Crippen LogP) is 2.54. The molecular formula is C19H15ClN4O4. The van der Waals surface area contributed by atoms with E-state index >= 15 is 0 Å². The van der Waals surface area contributed by atoms with Crippen LogP contribution in [-0.4, -0.2) is 20.6 Å². The van der Waals surface area contributed by atoms with Gasteiger partial charge in [0.1, 0.15) is 0 Å². The van der Waals surface area contributed by atoms with Gasteiger partial charge in [-0.1, -0.05) is 41.0 Å². The van der Waals surface area contributed by atoms with E-state index in [1.54, 1.807) is 42.5 Å². The van der Waals surface area contributed by atoms with Crippen LogP contribution in [0.1, 0.15) is 17.3 Å². The Morgan fingerprint density at radius 1 is 1.14 bits per heavy atom. The van der Waals surface area contributed by atoms with E-state index in [4.69, 9.17) is 20.5 Å². The van der Waals surface area contributed by atoms with E-state index in [1.165, 1.54) is 4.57 Å². The lowest BCUT2D eigenvalue weighted by atomic mass is 10.1. The van der Waals surface area contributed by atoms with Crippen molar-refractivity contribution in [2.24, 2.45) is 0 Å². The molecule has 0 atom stereocenters. The molecule has 8 nitrogen and oxygen atoms in total. The first-order valence-electron chi connectivity index (χ1n) is 8.49. The zero-order valence-corrected chi connectivity index (χ0v) is 15.3. The first kappa shape index (κ1) is 18.0. The molecule has 0 aliphatic rings. The molecule has 0 spiro atoms. The van der Waals surface area contributed by atoms with Crippen LogP contribution in [0.4, 0.5) is 0 Å². The average molecular weight is 399 g/mol. The molecule has 4 aromatic rings. The van der Waals surface area contributed by atoms with Crippen LogP contribution in [0, 0.1) is 0 Å². The van der Waals surface area contributed by atoms with Crippen molar-refractivity contribution in [3.63, 3.8) is 0 Å². The number of carbonyl (C=O) groups excluding carboxylic acids is 1. The Kier molecular flexibility index (Phi) is 4.94. The fraction of sp³-hybridized carbons (Fsp3) is 0.158. The van der Waals surface area contributed by atoms with Gasteiger partial charge >= 0.3 is 5.76 Å². The monoisotopic (exact) mass is 398 g/mol. The Morgan fingerprint density at radius 3 is 2.75 bits per heavy atom. The Morgan fingerprint density at radius 2 is 1.93 bits per heavy atom. The zero-order chi connectivity index (χ0) is 19.5. The molecule has 2 heterocycles. The number of oxazole rings is 1. The van der Waals surface area contributed by atoms with Gasteiger partial charge in [0.15, 0.2) is 11.4 Å². The summed E-state index contributed by atoms with van der Waals surface area (Å²) in [5.74, 6) is -0.112. The lowest BCUT2D eigenvalue weighted by Gasteiger charge is -2.02. The Hall–Kier alpha value is -3.39. The molecule has 4 rings (SSSR count). The molecule has 9 heteroatoms. The van der Waals surface area contributed by atoms with Crippen LogP contribution in [-0.2, 0) is 24.3 Å². The predicted molar refractivity (Wildman–Crippen MR) is 101 cm³/mol. The number of para-hydroxylation sites is 2. The van der Waals surface area contributed by atoms with Crippen molar-refractivity contribution in [3.8, 4) is 0 Å². The smallest absolute Gasteiger partial charge is 0.408 e. The summed E-state index contributed by atoms with van der Waals surface area (Å²) >= 11 is 5.83. The fourth-order valence-electron chi connectivity index (χ4n) is 2.76. The van der Waals surface area contributed by atoms with E-state index in [0.29, 0.717) is 21.9 Å². The van der Waals surface area contributed by atoms with Crippen molar-refractivity contribution in [1.82, 2.24) is 20.0 Å². The molecule has 1 amide bonds. The molecule has 0 saturated heterocycles. The number of carbonyl (C=O) groups is 1. The van der Waals surface area contributed by atoms with Gasteiger partial charge in [-0.15, -0.1) is 0 Å². The minimum absolute atomic E-state index is 0.0977. The summed E-state index contributed by atoms with van der Waals surface area (Å²) in [5, 5.41) is 7.19. The molecule has 0 fully saturated rings. The minimum Gasteiger partial charge on any atom is -0.408 e. The van der Waals surface area contributed by atoms with Crippen molar-refractivity contribution in [2.45, 2.75) is 19.5 Å². The highest BCUT2D eigenvalue weighted by Crippen LogP contribution is 2.13. The van der Waals surface area contributed by atoms with Gasteiger partial charge < -0.3 is 14.3 Å². The molecule has 1 N–H and O–H groups in total. The second-order valence-corrected chi connectivity index (χ2v) is 6.54. The maximum absolute atomic E-state index is 12.0. The van der Waals surface area contributed by atoms with Crippen LogP contribution >= 0.6 is 11.6 Å². The SMILES string of the molecule is O=C(Cc1ccc(Cl)cc1)NCc1nc(Cn2c(=O)oc3ccccc32)no1. The lowest BCUT2D eigenvalue weighted by molar-refractivity contribution is -0.120. The standard InChI is InChI=1S/C19H15ClN4O4/c20-13-7-5-12(6-8-13)9-17(25)21-10-18-22-16(23-28-18)11-24-14-3-1-2-4-15(14)27-19(24)26/h1-8H,9-11H2,(H,21,25). The number of rotatable bonds is 6. The topological polar surface area (TPSA) is 103 Å². The van der Waals surface area contributed by atoms with E-state index < -0.39 is 5.76 Å². The first-order chi connectivity index (χ1) is 13.6. The zero-order valence-electron chi connectivity index (χ0n) is 14.6. The molecule has 0 bridgehead atoms. The van der Waals surface area contributed by atoms with E-state index in [-0.39, 0.29) is 31.3 Å². The van der Waals surface area contributed by atoms with Crippen LogP contribution in [0.2, 0.25) is 5.02 Å². The Balaban J connectivity index is 1.38. The van der Waals surface area contributed by atoms with Gasteiger partial charge in [0.05, 0.1) is 25.0 Å². The van der Waals surface area contributed by atoms with E-state index in [0.717, 1.165) is 5.56 Å². The molecule has 0 aliphatic carbocycles. The highest BCUT2D eigenvalue weighted by Gasteiger charge is 2.13. The third kappa shape index (κ3) is 3.96. The molecule has 0 radical (unpaired) electrons. The number of nitrogens with zero attached hydrogens (tertiary/aromatic N) is 3.